The van der Waals surface area contributed by atoms with E-state index in [0.29, 0.717) is 17.1 Å². The van der Waals surface area contributed by atoms with Crippen LogP contribution in [-0.4, -0.2) is 25.0 Å². The zero-order valence-electron chi connectivity index (χ0n) is 10.1. The summed E-state index contributed by atoms with van der Waals surface area (Å²) in [4.78, 5) is 22.9. The van der Waals surface area contributed by atoms with Gasteiger partial charge in [0.1, 0.15) is 4.88 Å². The van der Waals surface area contributed by atoms with Gasteiger partial charge in [-0.2, -0.15) is 0 Å². The van der Waals surface area contributed by atoms with Crippen LogP contribution in [0.1, 0.15) is 9.67 Å². The molecule has 19 heavy (non-hydrogen) atoms. The third-order valence-corrected chi connectivity index (χ3v) is 3.74. The van der Waals surface area contributed by atoms with Gasteiger partial charge >= 0.3 is 6.03 Å². The summed E-state index contributed by atoms with van der Waals surface area (Å²) < 4.78 is 0.973. The Morgan fingerprint density at radius 1 is 1.16 bits per heavy atom. The fraction of sp³-hybridized carbons (Fsp3) is 0.167. The van der Waals surface area contributed by atoms with Crippen molar-refractivity contribution in [2.24, 2.45) is 5.73 Å². The highest BCUT2D eigenvalue weighted by Crippen LogP contribution is 2.33. The van der Waals surface area contributed by atoms with E-state index in [1.165, 1.54) is 11.3 Å². The van der Waals surface area contributed by atoms with Crippen LogP contribution in [0, 0.1) is 0 Å². The minimum atomic E-state index is -0.615. The van der Waals surface area contributed by atoms with Gasteiger partial charge in [0.15, 0.2) is 0 Å². The van der Waals surface area contributed by atoms with Gasteiger partial charge in [0.25, 0.3) is 5.91 Å². The van der Waals surface area contributed by atoms with E-state index in [1.54, 1.807) is 0 Å². The number of fused-ring (bicyclic) bond motifs is 1. The lowest BCUT2D eigenvalue weighted by molar-refractivity contribution is 0.0959. The molecule has 0 atom stereocenters. The number of rotatable bonds is 4. The fourth-order valence-corrected chi connectivity index (χ4v) is 2.72. The number of thiophene rings is 1. The smallest absolute Gasteiger partial charge is 0.312 e. The molecule has 100 valence electrons. The van der Waals surface area contributed by atoms with Crippen molar-refractivity contribution in [1.29, 1.82) is 0 Å². The van der Waals surface area contributed by atoms with Gasteiger partial charge in [-0.1, -0.05) is 18.2 Å². The van der Waals surface area contributed by atoms with Crippen molar-refractivity contribution in [2.45, 2.75) is 0 Å². The maximum atomic E-state index is 12.0. The molecular formula is C12H14N4O2S. The molecule has 1 aromatic carbocycles. The highest BCUT2D eigenvalue weighted by atomic mass is 32.1. The largest absolute Gasteiger partial charge is 0.397 e. The number of primary amides is 1. The maximum absolute atomic E-state index is 12.0. The second-order valence-corrected chi connectivity index (χ2v) is 4.94. The van der Waals surface area contributed by atoms with Crippen LogP contribution >= 0.6 is 11.3 Å². The van der Waals surface area contributed by atoms with Crippen LogP contribution in [-0.2, 0) is 0 Å². The zero-order chi connectivity index (χ0) is 13.8. The van der Waals surface area contributed by atoms with Gasteiger partial charge in [0.2, 0.25) is 0 Å². The number of anilines is 1. The molecule has 2 aromatic rings. The molecule has 6 nitrogen and oxygen atoms in total. The monoisotopic (exact) mass is 278 g/mol. The van der Waals surface area contributed by atoms with Crippen LogP contribution in [0.5, 0.6) is 0 Å². The Morgan fingerprint density at radius 3 is 2.53 bits per heavy atom. The average molecular weight is 278 g/mol. The highest BCUT2D eigenvalue weighted by Gasteiger charge is 2.15. The number of amides is 3. The lowest BCUT2D eigenvalue weighted by atomic mass is 10.2. The second-order valence-electron chi connectivity index (χ2n) is 3.89. The number of hydrogen-bond donors (Lipinski definition) is 4. The summed E-state index contributed by atoms with van der Waals surface area (Å²) in [5, 5.41) is 5.95. The number of nitrogens with two attached hydrogens (primary N) is 2. The number of carbonyl (C=O) groups is 2. The first-order valence-electron chi connectivity index (χ1n) is 5.68. The van der Waals surface area contributed by atoms with Gasteiger partial charge in [0, 0.05) is 23.2 Å². The predicted molar refractivity (Wildman–Crippen MR) is 76.2 cm³/mol. The number of nitrogen functional groups attached to an aromatic ring is 1. The molecule has 6 N–H and O–H groups in total. The summed E-state index contributed by atoms with van der Waals surface area (Å²) in [5.41, 5.74) is 11.4. The van der Waals surface area contributed by atoms with Crippen LogP contribution < -0.4 is 22.1 Å². The number of nitrogens with one attached hydrogen (secondary N) is 2. The lowest BCUT2D eigenvalue weighted by Crippen LogP contribution is -2.37. The van der Waals surface area contributed by atoms with Crippen LogP contribution in [0.3, 0.4) is 0 Å². The van der Waals surface area contributed by atoms with E-state index in [0.717, 1.165) is 10.1 Å². The molecule has 1 heterocycles. The molecule has 3 amide bonds. The van der Waals surface area contributed by atoms with E-state index >= 15 is 0 Å². The average Bonchev–Trinajstić information content (AvgIpc) is 2.72. The Balaban J connectivity index is 2.05. The first kappa shape index (κ1) is 13.2. The molecule has 0 aliphatic carbocycles. The van der Waals surface area contributed by atoms with Gasteiger partial charge in [0.05, 0.1) is 5.69 Å². The number of carbonyl (C=O) groups excluding carboxylic acids is 2. The van der Waals surface area contributed by atoms with Gasteiger partial charge in [-0.15, -0.1) is 11.3 Å². The summed E-state index contributed by atoms with van der Waals surface area (Å²) in [7, 11) is 0. The van der Waals surface area contributed by atoms with Crippen molar-refractivity contribution in [3.63, 3.8) is 0 Å². The van der Waals surface area contributed by atoms with Crippen molar-refractivity contribution >= 4 is 39.0 Å². The third-order valence-electron chi connectivity index (χ3n) is 2.55. The van der Waals surface area contributed by atoms with Gasteiger partial charge < -0.3 is 22.1 Å². The van der Waals surface area contributed by atoms with Crippen LogP contribution in [0.25, 0.3) is 10.1 Å². The Morgan fingerprint density at radius 2 is 1.84 bits per heavy atom. The first-order chi connectivity index (χ1) is 9.09. The van der Waals surface area contributed by atoms with Crippen molar-refractivity contribution in [2.75, 3.05) is 18.8 Å². The van der Waals surface area contributed by atoms with E-state index in [9.17, 15) is 9.59 Å². The molecular weight excluding hydrogens is 264 g/mol. The van der Waals surface area contributed by atoms with Crippen molar-refractivity contribution < 1.29 is 9.59 Å². The van der Waals surface area contributed by atoms with Crippen LogP contribution in [0.15, 0.2) is 24.3 Å². The number of hydrogen-bond acceptors (Lipinski definition) is 4. The van der Waals surface area contributed by atoms with Crippen molar-refractivity contribution in [3.05, 3.63) is 29.1 Å². The summed E-state index contributed by atoms with van der Waals surface area (Å²) in [6.45, 7) is 0.585. The van der Waals surface area contributed by atoms with Crippen LogP contribution in [0.2, 0.25) is 0 Å². The Labute approximate surface area is 113 Å². The van der Waals surface area contributed by atoms with Gasteiger partial charge in [-0.3, -0.25) is 4.79 Å². The quantitative estimate of drug-likeness (QED) is 0.623. The number of urea groups is 1. The second kappa shape index (κ2) is 5.57. The van der Waals surface area contributed by atoms with Gasteiger partial charge in [-0.25, -0.2) is 4.79 Å². The van der Waals surface area contributed by atoms with Crippen molar-refractivity contribution in [3.8, 4) is 0 Å². The van der Waals surface area contributed by atoms with E-state index in [1.807, 2.05) is 24.3 Å². The third kappa shape index (κ3) is 2.94. The predicted octanol–water partition coefficient (Wildman–Crippen LogP) is 0.882. The fourth-order valence-electron chi connectivity index (χ4n) is 1.68. The molecule has 0 saturated heterocycles. The Bertz CT molecular complexity index is 623. The number of benzene rings is 1. The molecule has 1 aromatic heterocycles. The molecule has 0 aliphatic heterocycles. The first-order valence-corrected chi connectivity index (χ1v) is 6.49. The molecule has 0 unspecified atom stereocenters. The van der Waals surface area contributed by atoms with E-state index in [4.69, 9.17) is 11.5 Å². The molecule has 2 rings (SSSR count). The van der Waals surface area contributed by atoms with E-state index in [-0.39, 0.29) is 12.5 Å². The molecule has 0 spiro atoms. The van der Waals surface area contributed by atoms with Crippen molar-refractivity contribution in [1.82, 2.24) is 10.6 Å². The molecule has 0 fully saturated rings. The van der Waals surface area contributed by atoms with E-state index in [2.05, 4.69) is 10.6 Å². The summed E-state index contributed by atoms with van der Waals surface area (Å²) >= 11 is 1.35. The van der Waals surface area contributed by atoms with Crippen LogP contribution in [0.4, 0.5) is 10.5 Å². The summed E-state index contributed by atoms with van der Waals surface area (Å²) in [6.07, 6.45) is 0. The Hall–Kier alpha value is -2.28. The lowest BCUT2D eigenvalue weighted by Gasteiger charge is -2.04. The summed E-state index contributed by atoms with van der Waals surface area (Å²) in [6, 6.07) is 6.96. The molecule has 0 aliphatic rings. The van der Waals surface area contributed by atoms with Gasteiger partial charge in [-0.05, 0) is 6.07 Å². The SMILES string of the molecule is NC(=O)NCCNC(=O)c1sc2ccccc2c1N. The molecule has 7 heteroatoms. The normalized spacial score (nSPS) is 10.3. The molecule has 0 radical (unpaired) electrons. The topological polar surface area (TPSA) is 110 Å². The molecule has 0 saturated carbocycles. The standard InChI is InChI=1S/C12H14N4O2S/c13-9-7-3-1-2-4-8(7)19-10(9)11(17)15-5-6-16-12(14)18/h1-4H,5-6,13H2,(H,15,17)(H3,14,16,18). The summed E-state index contributed by atoms with van der Waals surface area (Å²) in [5.74, 6) is -0.245. The zero-order valence-corrected chi connectivity index (χ0v) is 10.9. The highest BCUT2D eigenvalue weighted by molar-refractivity contribution is 7.21. The Kier molecular flexibility index (Phi) is 3.86. The minimum Gasteiger partial charge on any atom is -0.397 e. The minimum absolute atomic E-state index is 0.245. The van der Waals surface area contributed by atoms with E-state index < -0.39 is 6.03 Å². The molecule has 0 bridgehead atoms. The maximum Gasteiger partial charge on any atom is 0.312 e.